The van der Waals surface area contributed by atoms with Crippen molar-refractivity contribution in [2.45, 2.75) is 32.7 Å². The van der Waals surface area contributed by atoms with Gasteiger partial charge in [-0.15, -0.1) is 0 Å². The van der Waals surface area contributed by atoms with Crippen LogP contribution >= 0.6 is 23.2 Å². The predicted molar refractivity (Wildman–Crippen MR) is 109 cm³/mol. The van der Waals surface area contributed by atoms with Crippen LogP contribution in [-0.2, 0) is 19.1 Å². The van der Waals surface area contributed by atoms with E-state index >= 15 is 0 Å². The van der Waals surface area contributed by atoms with Crippen molar-refractivity contribution in [3.8, 4) is 0 Å². The number of nitrogens with zero attached hydrogens (tertiary/aromatic N) is 1. The Morgan fingerprint density at radius 1 is 1.21 bits per heavy atom. The summed E-state index contributed by atoms with van der Waals surface area (Å²) in [4.78, 5) is 37.8. The topological polar surface area (TPSA) is 75.7 Å². The maximum absolute atomic E-state index is 12.4. The summed E-state index contributed by atoms with van der Waals surface area (Å²) in [6.07, 6.45) is 4.19. The summed E-state index contributed by atoms with van der Waals surface area (Å²) in [6, 6.07) is 2.97. The normalized spacial score (nSPS) is 16.1. The molecule has 2 amide bonds. The van der Waals surface area contributed by atoms with Crippen molar-refractivity contribution < 1.29 is 19.1 Å². The summed E-state index contributed by atoms with van der Waals surface area (Å²) in [5, 5.41) is 3.54. The number of methoxy groups -OCH3 is 1. The van der Waals surface area contributed by atoms with Crippen LogP contribution in [0.5, 0.6) is 0 Å². The van der Waals surface area contributed by atoms with Crippen molar-refractivity contribution in [3.05, 3.63) is 39.4 Å². The Morgan fingerprint density at radius 3 is 2.46 bits per heavy atom. The lowest BCUT2D eigenvalue weighted by molar-refractivity contribution is -0.145. The van der Waals surface area contributed by atoms with Crippen LogP contribution in [0, 0.1) is 12.8 Å². The zero-order valence-electron chi connectivity index (χ0n) is 16.1. The highest BCUT2D eigenvalue weighted by atomic mass is 35.5. The standard InChI is InChI=1S/C20H24Cl2N2O4/c1-12-4-5-14(18(22)17(12)21)6-7-16(25)24-10-8-15(9-11-24)19(26)23-13(2)20(27)28-3/h4-7,13,15H,8-11H2,1-3H3,(H,23,26)/b7-6+/t13-/m0/s1. The number of aryl methyl sites for hydroxylation is 1. The second-order valence-electron chi connectivity index (χ2n) is 6.79. The average Bonchev–Trinajstić information content (AvgIpc) is 2.70. The Labute approximate surface area is 174 Å². The molecule has 1 heterocycles. The highest BCUT2D eigenvalue weighted by molar-refractivity contribution is 6.43. The fourth-order valence-corrected chi connectivity index (χ4v) is 3.43. The van der Waals surface area contributed by atoms with Gasteiger partial charge in [0.15, 0.2) is 0 Å². The number of esters is 1. The van der Waals surface area contributed by atoms with E-state index in [0.717, 1.165) is 5.56 Å². The Bertz CT molecular complexity index is 787. The minimum atomic E-state index is -0.689. The summed E-state index contributed by atoms with van der Waals surface area (Å²) >= 11 is 12.3. The summed E-state index contributed by atoms with van der Waals surface area (Å²) < 4.78 is 4.60. The van der Waals surface area contributed by atoms with Gasteiger partial charge in [-0.3, -0.25) is 9.59 Å². The average molecular weight is 427 g/mol. The largest absolute Gasteiger partial charge is 0.467 e. The molecular weight excluding hydrogens is 403 g/mol. The van der Waals surface area contributed by atoms with Gasteiger partial charge in [0, 0.05) is 25.1 Å². The van der Waals surface area contributed by atoms with E-state index in [0.29, 0.717) is 41.5 Å². The lowest BCUT2D eigenvalue weighted by atomic mass is 9.95. The molecule has 1 aromatic rings. The zero-order valence-corrected chi connectivity index (χ0v) is 17.6. The molecule has 0 bridgehead atoms. The van der Waals surface area contributed by atoms with Crippen LogP contribution < -0.4 is 5.32 Å². The molecule has 1 atom stereocenters. The van der Waals surface area contributed by atoms with Gasteiger partial charge in [-0.1, -0.05) is 35.3 Å². The first-order chi connectivity index (χ1) is 13.2. The van der Waals surface area contributed by atoms with E-state index in [-0.39, 0.29) is 17.7 Å². The third kappa shape index (κ3) is 5.49. The monoisotopic (exact) mass is 426 g/mol. The highest BCUT2D eigenvalue weighted by Gasteiger charge is 2.28. The van der Waals surface area contributed by atoms with Crippen molar-refractivity contribution in [1.82, 2.24) is 10.2 Å². The molecule has 0 aromatic heterocycles. The molecule has 1 saturated heterocycles. The number of benzene rings is 1. The number of rotatable bonds is 5. The van der Waals surface area contributed by atoms with Crippen LogP contribution in [0.1, 0.15) is 30.9 Å². The molecule has 0 unspecified atom stereocenters. The predicted octanol–water partition coefficient (Wildman–Crippen LogP) is 3.23. The Hall–Kier alpha value is -2.05. The first-order valence-corrected chi connectivity index (χ1v) is 9.80. The van der Waals surface area contributed by atoms with Gasteiger partial charge in [0.1, 0.15) is 6.04 Å². The van der Waals surface area contributed by atoms with E-state index in [2.05, 4.69) is 10.1 Å². The third-order valence-corrected chi connectivity index (χ3v) is 5.79. The molecular formula is C20H24Cl2N2O4. The van der Waals surface area contributed by atoms with Crippen LogP contribution in [0.3, 0.4) is 0 Å². The molecule has 6 nitrogen and oxygen atoms in total. The van der Waals surface area contributed by atoms with Gasteiger partial charge >= 0.3 is 5.97 Å². The SMILES string of the molecule is COC(=O)[C@H](C)NC(=O)C1CCN(C(=O)/C=C/c2ccc(C)c(Cl)c2Cl)CC1. The minimum Gasteiger partial charge on any atom is -0.467 e. The van der Waals surface area contributed by atoms with Gasteiger partial charge in [-0.2, -0.15) is 0 Å². The number of hydrogen-bond donors (Lipinski definition) is 1. The fraction of sp³-hybridized carbons (Fsp3) is 0.450. The molecule has 1 aromatic carbocycles. The molecule has 0 aliphatic carbocycles. The number of hydrogen-bond acceptors (Lipinski definition) is 4. The van der Waals surface area contributed by atoms with Crippen molar-refractivity contribution in [2.75, 3.05) is 20.2 Å². The van der Waals surface area contributed by atoms with E-state index in [4.69, 9.17) is 23.2 Å². The van der Waals surface area contributed by atoms with Crippen LogP contribution in [0.2, 0.25) is 10.0 Å². The van der Waals surface area contributed by atoms with Gasteiger partial charge in [-0.05, 0) is 43.9 Å². The molecule has 1 N–H and O–H groups in total. The zero-order chi connectivity index (χ0) is 20.8. The Balaban J connectivity index is 1.89. The molecule has 2 rings (SSSR count). The molecule has 28 heavy (non-hydrogen) atoms. The molecule has 152 valence electrons. The van der Waals surface area contributed by atoms with Gasteiger partial charge < -0.3 is 15.0 Å². The molecule has 1 aliphatic heterocycles. The van der Waals surface area contributed by atoms with Crippen molar-refractivity contribution in [1.29, 1.82) is 0 Å². The van der Waals surface area contributed by atoms with Gasteiger partial charge in [0.25, 0.3) is 0 Å². The first kappa shape index (κ1) is 22.2. The van der Waals surface area contributed by atoms with Gasteiger partial charge in [0.2, 0.25) is 11.8 Å². The van der Waals surface area contributed by atoms with E-state index < -0.39 is 12.0 Å². The summed E-state index contributed by atoms with van der Waals surface area (Å²) in [5.41, 5.74) is 1.55. The maximum atomic E-state index is 12.4. The smallest absolute Gasteiger partial charge is 0.328 e. The van der Waals surface area contributed by atoms with Crippen LogP contribution in [0.4, 0.5) is 0 Å². The molecule has 0 radical (unpaired) electrons. The highest BCUT2D eigenvalue weighted by Crippen LogP contribution is 2.30. The Kier molecular flexibility index (Phi) is 7.89. The molecule has 0 spiro atoms. The fourth-order valence-electron chi connectivity index (χ4n) is 2.99. The second kappa shape index (κ2) is 9.94. The van der Waals surface area contributed by atoms with Crippen molar-refractivity contribution in [2.24, 2.45) is 5.92 Å². The van der Waals surface area contributed by atoms with E-state index in [1.165, 1.54) is 13.2 Å². The molecule has 0 saturated carbocycles. The number of halogens is 2. The number of ether oxygens (including phenoxy) is 1. The van der Waals surface area contributed by atoms with Crippen molar-refractivity contribution in [3.63, 3.8) is 0 Å². The molecule has 8 heteroatoms. The number of carbonyl (C=O) groups is 3. The lowest BCUT2D eigenvalue weighted by Gasteiger charge is -2.31. The van der Waals surface area contributed by atoms with Gasteiger partial charge in [0.05, 0.1) is 17.2 Å². The number of likely N-dealkylation sites (tertiary alicyclic amines) is 1. The summed E-state index contributed by atoms with van der Waals surface area (Å²) in [7, 11) is 1.28. The molecule has 1 aliphatic rings. The van der Waals surface area contributed by atoms with Crippen LogP contribution in [-0.4, -0.2) is 48.9 Å². The molecule has 1 fully saturated rings. The van der Waals surface area contributed by atoms with Crippen LogP contribution in [0.25, 0.3) is 6.08 Å². The van der Waals surface area contributed by atoms with E-state index in [1.54, 1.807) is 17.9 Å². The Morgan fingerprint density at radius 2 is 1.86 bits per heavy atom. The second-order valence-corrected chi connectivity index (χ2v) is 7.54. The number of carbonyl (C=O) groups excluding carboxylic acids is 3. The third-order valence-electron chi connectivity index (χ3n) is 4.80. The van der Waals surface area contributed by atoms with Gasteiger partial charge in [-0.25, -0.2) is 4.79 Å². The lowest BCUT2D eigenvalue weighted by Crippen LogP contribution is -2.46. The van der Waals surface area contributed by atoms with Crippen LogP contribution in [0.15, 0.2) is 18.2 Å². The summed E-state index contributed by atoms with van der Waals surface area (Å²) in [6.45, 7) is 4.38. The van der Waals surface area contributed by atoms with E-state index in [1.807, 2.05) is 19.1 Å². The first-order valence-electron chi connectivity index (χ1n) is 9.04. The summed E-state index contributed by atoms with van der Waals surface area (Å²) in [5.74, 6) is -1.05. The quantitative estimate of drug-likeness (QED) is 0.579. The maximum Gasteiger partial charge on any atom is 0.328 e. The van der Waals surface area contributed by atoms with Crippen molar-refractivity contribution >= 4 is 47.1 Å². The number of piperidine rings is 1. The minimum absolute atomic E-state index is 0.144. The number of nitrogens with one attached hydrogen (secondary N) is 1. The number of amides is 2. The van der Waals surface area contributed by atoms with E-state index in [9.17, 15) is 14.4 Å².